The van der Waals surface area contributed by atoms with Crippen molar-refractivity contribution in [2.75, 3.05) is 11.1 Å². The largest absolute Gasteiger partial charge is 0.460 e. The number of anilines is 2. The molecule has 0 saturated heterocycles. The van der Waals surface area contributed by atoms with Gasteiger partial charge in [0.25, 0.3) is 0 Å². The maximum Gasteiger partial charge on any atom is 0.135 e. The summed E-state index contributed by atoms with van der Waals surface area (Å²) in [6.07, 6.45) is 8.46. The van der Waals surface area contributed by atoms with Gasteiger partial charge >= 0.3 is 0 Å². The molecule has 0 atom stereocenters. The molecule has 4 heteroatoms. The van der Waals surface area contributed by atoms with Crippen LogP contribution in [0.15, 0.2) is 81.0 Å². The second-order valence-electron chi connectivity index (χ2n) is 7.53. The van der Waals surface area contributed by atoms with E-state index >= 15 is 0 Å². The third-order valence-corrected chi connectivity index (χ3v) is 6.64. The van der Waals surface area contributed by atoms with Crippen molar-refractivity contribution >= 4 is 52.1 Å². The van der Waals surface area contributed by atoms with Gasteiger partial charge in [-0.25, -0.2) is 0 Å². The van der Waals surface area contributed by atoms with E-state index in [1.807, 2.05) is 24.4 Å². The molecule has 1 aliphatic carbocycles. The van der Waals surface area contributed by atoms with Gasteiger partial charge < -0.3 is 9.73 Å². The standard InChI is InChI=1S/C26H20N2OS/c1-4-10-23-19(6-1)26-18(7-5-11-24(26)29-23)17-12-13-25-22(16-17)28-21-9-3-2-8-20(21)27-14-15-30-25/h1-3,5-9,11-14,16,28H,4,10,15H2. The lowest BCUT2D eigenvalue weighted by molar-refractivity contribution is 0.546. The first-order valence-corrected chi connectivity index (χ1v) is 11.2. The van der Waals surface area contributed by atoms with Crippen LogP contribution in [0.2, 0.25) is 0 Å². The van der Waals surface area contributed by atoms with Crippen molar-refractivity contribution in [3.63, 3.8) is 0 Å². The summed E-state index contributed by atoms with van der Waals surface area (Å²) in [4.78, 5) is 5.85. The molecule has 3 nitrogen and oxygen atoms in total. The molecule has 0 amide bonds. The van der Waals surface area contributed by atoms with Gasteiger partial charge in [0.2, 0.25) is 0 Å². The van der Waals surface area contributed by atoms with Crippen molar-refractivity contribution < 1.29 is 4.42 Å². The highest BCUT2D eigenvalue weighted by atomic mass is 32.2. The van der Waals surface area contributed by atoms with Crippen molar-refractivity contribution in [3.05, 3.63) is 78.1 Å². The fourth-order valence-corrected chi connectivity index (χ4v) is 5.02. The predicted octanol–water partition coefficient (Wildman–Crippen LogP) is 7.61. The number of hydrogen-bond donors (Lipinski definition) is 1. The fraction of sp³-hybridized carbons (Fsp3) is 0.115. The lowest BCUT2D eigenvalue weighted by atomic mass is 9.95. The van der Waals surface area contributed by atoms with Gasteiger partial charge in [0, 0.05) is 34.2 Å². The van der Waals surface area contributed by atoms with E-state index in [9.17, 15) is 0 Å². The van der Waals surface area contributed by atoms with Crippen molar-refractivity contribution in [2.24, 2.45) is 4.99 Å². The van der Waals surface area contributed by atoms with Crippen LogP contribution in [0.25, 0.3) is 28.2 Å². The van der Waals surface area contributed by atoms with Gasteiger partial charge in [0.05, 0.1) is 17.1 Å². The molecule has 3 aromatic carbocycles. The van der Waals surface area contributed by atoms with Gasteiger partial charge in [0.15, 0.2) is 0 Å². The number of hydrogen-bond acceptors (Lipinski definition) is 4. The van der Waals surface area contributed by atoms with E-state index in [2.05, 4.69) is 64.9 Å². The summed E-state index contributed by atoms with van der Waals surface area (Å²) in [5.41, 5.74) is 7.70. The second kappa shape index (κ2) is 7.22. The molecule has 1 aromatic heterocycles. The summed E-state index contributed by atoms with van der Waals surface area (Å²) < 4.78 is 6.18. The van der Waals surface area contributed by atoms with Crippen LogP contribution in [-0.2, 0) is 6.42 Å². The Labute approximate surface area is 179 Å². The molecule has 0 saturated carbocycles. The maximum absolute atomic E-state index is 6.18. The third kappa shape index (κ3) is 2.96. The Bertz CT molecular complexity index is 1330. The zero-order chi connectivity index (χ0) is 19.9. The summed E-state index contributed by atoms with van der Waals surface area (Å²) in [5.74, 6) is 1.94. The van der Waals surface area contributed by atoms with E-state index in [4.69, 9.17) is 4.42 Å². The number of nitrogens with one attached hydrogen (secondary N) is 1. The van der Waals surface area contributed by atoms with Crippen molar-refractivity contribution in [1.29, 1.82) is 0 Å². The molecule has 30 heavy (non-hydrogen) atoms. The SMILES string of the molecule is C1=Cc2c(oc3cccc(-c4ccc5c(c4)Nc4ccccc4N=CCS5)c23)CC1. The normalized spacial score (nSPS) is 14.8. The molecule has 0 fully saturated rings. The lowest BCUT2D eigenvalue weighted by Crippen LogP contribution is -1.94. The molecular formula is C26H20N2OS. The number of aliphatic imine (C=N–C) groups is 1. The summed E-state index contributed by atoms with van der Waals surface area (Å²) in [5, 5.41) is 4.84. The molecule has 146 valence electrons. The molecular weight excluding hydrogens is 388 g/mol. The number of nitrogens with zero attached hydrogens (tertiary/aromatic N) is 1. The monoisotopic (exact) mass is 408 g/mol. The highest BCUT2D eigenvalue weighted by Gasteiger charge is 2.19. The van der Waals surface area contributed by atoms with E-state index in [1.165, 1.54) is 27.0 Å². The number of benzene rings is 3. The molecule has 0 bridgehead atoms. The molecule has 1 N–H and O–H groups in total. The van der Waals surface area contributed by atoms with E-state index in [0.717, 1.165) is 47.0 Å². The number of furan rings is 1. The first-order chi connectivity index (χ1) is 14.9. The van der Waals surface area contributed by atoms with E-state index < -0.39 is 0 Å². The summed E-state index contributed by atoms with van der Waals surface area (Å²) in [6, 6.07) is 21.2. The minimum atomic E-state index is 0.845. The molecule has 4 aromatic rings. The minimum Gasteiger partial charge on any atom is -0.460 e. The third-order valence-electron chi connectivity index (χ3n) is 5.66. The van der Waals surface area contributed by atoms with Crippen LogP contribution >= 0.6 is 11.8 Å². The van der Waals surface area contributed by atoms with Crippen LogP contribution < -0.4 is 5.32 Å². The van der Waals surface area contributed by atoms with Gasteiger partial charge in [-0.15, -0.1) is 11.8 Å². The van der Waals surface area contributed by atoms with Crippen LogP contribution in [0.3, 0.4) is 0 Å². The van der Waals surface area contributed by atoms with Gasteiger partial charge in [-0.1, -0.05) is 42.5 Å². The molecule has 0 radical (unpaired) electrons. The van der Waals surface area contributed by atoms with Crippen molar-refractivity contribution in [2.45, 2.75) is 17.7 Å². The summed E-state index contributed by atoms with van der Waals surface area (Å²) in [6.45, 7) is 0. The van der Waals surface area contributed by atoms with Crippen LogP contribution in [0.1, 0.15) is 17.7 Å². The molecule has 1 aliphatic heterocycles. The molecule has 2 aliphatic rings. The fourth-order valence-electron chi connectivity index (χ4n) is 4.26. The quantitative estimate of drug-likeness (QED) is 0.352. The average molecular weight is 409 g/mol. The van der Waals surface area contributed by atoms with Crippen LogP contribution in [0.5, 0.6) is 0 Å². The topological polar surface area (TPSA) is 37.5 Å². The Morgan fingerprint density at radius 1 is 0.967 bits per heavy atom. The minimum absolute atomic E-state index is 0.845. The lowest BCUT2D eigenvalue weighted by Gasteiger charge is -2.14. The maximum atomic E-state index is 6.18. The Morgan fingerprint density at radius 2 is 1.93 bits per heavy atom. The second-order valence-corrected chi connectivity index (χ2v) is 8.60. The molecule has 2 heterocycles. The Kier molecular flexibility index (Phi) is 4.24. The van der Waals surface area contributed by atoms with Crippen LogP contribution in [0.4, 0.5) is 17.1 Å². The van der Waals surface area contributed by atoms with Crippen molar-refractivity contribution in [1.82, 2.24) is 0 Å². The summed E-state index contributed by atoms with van der Waals surface area (Å²) in [7, 11) is 0. The Balaban J connectivity index is 1.51. The molecule has 0 unspecified atom stereocenters. The molecule has 0 spiro atoms. The van der Waals surface area contributed by atoms with E-state index in [1.54, 1.807) is 11.8 Å². The highest BCUT2D eigenvalue weighted by Crippen LogP contribution is 2.41. The van der Waals surface area contributed by atoms with Gasteiger partial charge in [0.1, 0.15) is 11.3 Å². The number of thioether (sulfide) groups is 1. The number of para-hydroxylation sites is 2. The smallest absolute Gasteiger partial charge is 0.135 e. The van der Waals surface area contributed by atoms with Crippen LogP contribution in [0, 0.1) is 0 Å². The van der Waals surface area contributed by atoms with Crippen LogP contribution in [-0.4, -0.2) is 12.0 Å². The zero-order valence-corrected chi connectivity index (χ0v) is 17.2. The van der Waals surface area contributed by atoms with E-state index in [-0.39, 0.29) is 0 Å². The Hall–Kier alpha value is -3.24. The average Bonchev–Trinajstić information content (AvgIpc) is 3.20. The predicted molar refractivity (Wildman–Crippen MR) is 128 cm³/mol. The zero-order valence-electron chi connectivity index (χ0n) is 16.4. The Morgan fingerprint density at radius 3 is 2.93 bits per heavy atom. The number of allylic oxidation sites excluding steroid dienone is 1. The number of rotatable bonds is 1. The first-order valence-electron chi connectivity index (χ1n) is 10.2. The molecule has 6 rings (SSSR count). The van der Waals surface area contributed by atoms with E-state index in [0.29, 0.717) is 0 Å². The highest BCUT2D eigenvalue weighted by molar-refractivity contribution is 8.00. The van der Waals surface area contributed by atoms with Gasteiger partial charge in [-0.3, -0.25) is 4.99 Å². The first kappa shape index (κ1) is 17.6. The van der Waals surface area contributed by atoms with Crippen molar-refractivity contribution in [3.8, 4) is 11.1 Å². The number of aryl methyl sites for hydroxylation is 1. The van der Waals surface area contributed by atoms with Gasteiger partial charge in [-0.2, -0.15) is 0 Å². The summed E-state index contributed by atoms with van der Waals surface area (Å²) >= 11 is 1.80. The van der Waals surface area contributed by atoms with Gasteiger partial charge in [-0.05, 0) is 47.9 Å². The number of fused-ring (bicyclic) bond motifs is 5.